The van der Waals surface area contributed by atoms with Crippen molar-refractivity contribution in [2.75, 3.05) is 24.2 Å². The average molecular weight is 624 g/mol. The molecule has 8 nitrogen and oxygen atoms in total. The summed E-state index contributed by atoms with van der Waals surface area (Å²) in [6.07, 6.45) is 6.74. The number of halogens is 1. The largest absolute Gasteiger partial charge is 0.497 e. The van der Waals surface area contributed by atoms with E-state index >= 15 is 0 Å². The fraction of sp³-hybridized carbons (Fsp3) is 0.412. The maximum atomic E-state index is 14.0. The number of carbonyl (C=O) groups is 2. The van der Waals surface area contributed by atoms with Gasteiger partial charge in [0.15, 0.2) is 0 Å². The summed E-state index contributed by atoms with van der Waals surface area (Å²) < 4.78 is 45.7. The van der Waals surface area contributed by atoms with E-state index in [1.54, 1.807) is 41.3 Å². The lowest BCUT2D eigenvalue weighted by Gasteiger charge is -2.34. The second-order valence-corrected chi connectivity index (χ2v) is 13.2. The van der Waals surface area contributed by atoms with Crippen molar-refractivity contribution in [1.82, 2.24) is 10.2 Å². The van der Waals surface area contributed by atoms with E-state index in [4.69, 9.17) is 4.74 Å². The zero-order valence-electron chi connectivity index (χ0n) is 25.5. The lowest BCUT2D eigenvalue weighted by Crippen LogP contribution is -2.52. The van der Waals surface area contributed by atoms with Gasteiger partial charge in [0.05, 0.1) is 19.1 Å². The van der Waals surface area contributed by atoms with Crippen LogP contribution in [0, 0.1) is 5.82 Å². The van der Waals surface area contributed by atoms with Gasteiger partial charge in [-0.3, -0.25) is 13.9 Å². The second kappa shape index (κ2) is 15.7. The highest BCUT2D eigenvalue weighted by Gasteiger charge is 2.32. The molecule has 0 aliphatic heterocycles. The van der Waals surface area contributed by atoms with E-state index in [-0.39, 0.29) is 49.6 Å². The number of carbonyl (C=O) groups excluding carboxylic acids is 2. The molecule has 236 valence electrons. The van der Waals surface area contributed by atoms with Gasteiger partial charge < -0.3 is 15.0 Å². The number of anilines is 1. The molecule has 2 amide bonds. The minimum Gasteiger partial charge on any atom is -0.497 e. The SMILES string of the molecule is COc1cccc(N(CCCC(=O)N(Cc2ccc(F)cc2)C(Cc2ccccc2)C(=O)NC2CCCCC2)S(C)(=O)=O)c1. The molecule has 1 aliphatic carbocycles. The van der Waals surface area contributed by atoms with Crippen molar-refractivity contribution >= 4 is 27.5 Å². The quantitative estimate of drug-likeness (QED) is 0.257. The Hall–Kier alpha value is -3.92. The number of amides is 2. The number of methoxy groups -OCH3 is 1. The molecule has 1 unspecified atom stereocenters. The minimum atomic E-state index is -3.65. The van der Waals surface area contributed by atoms with Crippen LogP contribution in [-0.2, 0) is 32.6 Å². The maximum Gasteiger partial charge on any atom is 0.243 e. The van der Waals surface area contributed by atoms with Crippen LogP contribution in [0.3, 0.4) is 0 Å². The van der Waals surface area contributed by atoms with Gasteiger partial charge >= 0.3 is 0 Å². The molecule has 0 aromatic heterocycles. The predicted molar refractivity (Wildman–Crippen MR) is 170 cm³/mol. The summed E-state index contributed by atoms with van der Waals surface area (Å²) >= 11 is 0. The fourth-order valence-electron chi connectivity index (χ4n) is 5.65. The van der Waals surface area contributed by atoms with Crippen LogP contribution >= 0.6 is 0 Å². The smallest absolute Gasteiger partial charge is 0.243 e. The summed E-state index contributed by atoms with van der Waals surface area (Å²) in [4.78, 5) is 29.5. The lowest BCUT2D eigenvalue weighted by molar-refractivity contribution is -0.141. The van der Waals surface area contributed by atoms with Crippen LogP contribution in [0.4, 0.5) is 10.1 Å². The number of nitrogens with one attached hydrogen (secondary N) is 1. The molecule has 10 heteroatoms. The average Bonchev–Trinajstić information content (AvgIpc) is 3.02. The number of hydrogen-bond acceptors (Lipinski definition) is 5. The highest BCUT2D eigenvalue weighted by atomic mass is 32.2. The van der Waals surface area contributed by atoms with Gasteiger partial charge in [0, 0.05) is 38.0 Å². The van der Waals surface area contributed by atoms with Gasteiger partial charge in [0.1, 0.15) is 17.6 Å². The highest BCUT2D eigenvalue weighted by Crippen LogP contribution is 2.25. The molecule has 1 saturated carbocycles. The zero-order chi connectivity index (χ0) is 31.5. The number of rotatable bonds is 14. The molecule has 1 atom stereocenters. The minimum absolute atomic E-state index is 0.0131. The van der Waals surface area contributed by atoms with Crippen molar-refractivity contribution in [3.63, 3.8) is 0 Å². The first-order valence-corrected chi connectivity index (χ1v) is 17.0. The van der Waals surface area contributed by atoms with E-state index in [1.165, 1.54) is 23.5 Å². The van der Waals surface area contributed by atoms with Crippen molar-refractivity contribution in [1.29, 1.82) is 0 Å². The van der Waals surface area contributed by atoms with Gasteiger partial charge in [-0.2, -0.15) is 0 Å². The Bertz CT molecular complexity index is 1480. The second-order valence-electron chi connectivity index (χ2n) is 11.3. The Morgan fingerprint density at radius 3 is 2.32 bits per heavy atom. The van der Waals surface area contributed by atoms with Crippen molar-refractivity contribution < 1.29 is 27.1 Å². The standard InChI is InChI=1S/C34H42FN3O5S/c1-43-31-16-9-15-30(24-31)38(44(2,41)42)22-10-17-33(39)37(25-27-18-20-28(35)21-19-27)32(23-26-11-5-3-6-12-26)34(40)36-29-13-7-4-8-14-29/h3,5-6,9,11-12,15-16,18-21,24,29,32H,4,7-8,10,13-14,17,22-23,25H2,1-2H3,(H,36,40). The number of nitrogens with zero attached hydrogens (tertiary/aromatic N) is 2. The molecule has 1 N–H and O–H groups in total. The summed E-state index contributed by atoms with van der Waals surface area (Å²) in [7, 11) is -2.14. The van der Waals surface area contributed by atoms with Crippen LogP contribution in [-0.4, -0.2) is 57.1 Å². The Balaban J connectivity index is 1.58. The molecule has 0 saturated heterocycles. The van der Waals surface area contributed by atoms with Crippen LogP contribution in [0.15, 0.2) is 78.9 Å². The van der Waals surface area contributed by atoms with E-state index in [9.17, 15) is 22.4 Å². The van der Waals surface area contributed by atoms with E-state index in [2.05, 4.69) is 5.32 Å². The van der Waals surface area contributed by atoms with Crippen molar-refractivity contribution in [3.05, 3.63) is 95.8 Å². The molecule has 0 spiro atoms. The van der Waals surface area contributed by atoms with Gasteiger partial charge in [-0.05, 0) is 54.7 Å². The van der Waals surface area contributed by atoms with Gasteiger partial charge in [-0.1, -0.05) is 67.8 Å². The Kier molecular flexibility index (Phi) is 11.8. The predicted octanol–water partition coefficient (Wildman–Crippen LogP) is 5.47. The highest BCUT2D eigenvalue weighted by molar-refractivity contribution is 7.92. The van der Waals surface area contributed by atoms with E-state index in [0.29, 0.717) is 23.4 Å². The molecule has 0 heterocycles. The van der Waals surface area contributed by atoms with Crippen molar-refractivity contribution in [2.24, 2.45) is 0 Å². The Morgan fingerprint density at radius 2 is 1.66 bits per heavy atom. The zero-order valence-corrected chi connectivity index (χ0v) is 26.3. The monoisotopic (exact) mass is 623 g/mol. The number of ether oxygens (including phenoxy) is 1. The lowest BCUT2D eigenvalue weighted by atomic mass is 9.94. The molecule has 4 rings (SSSR count). The van der Waals surface area contributed by atoms with E-state index < -0.39 is 16.1 Å². The summed E-state index contributed by atoms with van der Waals surface area (Å²) in [5.74, 6) is -0.371. The summed E-state index contributed by atoms with van der Waals surface area (Å²) in [5, 5.41) is 3.20. The first-order chi connectivity index (χ1) is 21.1. The molecular weight excluding hydrogens is 581 g/mol. The fourth-order valence-corrected chi connectivity index (χ4v) is 6.61. The molecule has 3 aromatic carbocycles. The van der Waals surface area contributed by atoms with Crippen molar-refractivity contribution in [3.8, 4) is 5.75 Å². The molecule has 1 aliphatic rings. The van der Waals surface area contributed by atoms with Crippen molar-refractivity contribution in [2.45, 2.75) is 70.0 Å². The van der Waals surface area contributed by atoms with Crippen LogP contribution in [0.25, 0.3) is 0 Å². The third kappa shape index (κ3) is 9.54. The van der Waals surface area contributed by atoms with Crippen LogP contribution < -0.4 is 14.4 Å². The van der Waals surface area contributed by atoms with Crippen LogP contribution in [0.5, 0.6) is 5.75 Å². The van der Waals surface area contributed by atoms with Gasteiger partial charge in [0.25, 0.3) is 0 Å². The summed E-state index contributed by atoms with van der Waals surface area (Å²) in [5.41, 5.74) is 2.04. The van der Waals surface area contributed by atoms with Gasteiger partial charge in [0.2, 0.25) is 21.8 Å². The van der Waals surface area contributed by atoms with Crippen LogP contribution in [0.1, 0.15) is 56.1 Å². The number of benzene rings is 3. The third-order valence-corrected chi connectivity index (χ3v) is 9.18. The van der Waals surface area contributed by atoms with E-state index in [1.807, 2.05) is 30.3 Å². The molecule has 1 fully saturated rings. The third-order valence-electron chi connectivity index (χ3n) is 7.98. The molecule has 44 heavy (non-hydrogen) atoms. The van der Waals surface area contributed by atoms with Gasteiger partial charge in [-0.25, -0.2) is 12.8 Å². The van der Waals surface area contributed by atoms with Crippen LogP contribution in [0.2, 0.25) is 0 Å². The maximum absolute atomic E-state index is 14.0. The Morgan fingerprint density at radius 1 is 0.955 bits per heavy atom. The first-order valence-electron chi connectivity index (χ1n) is 15.1. The Labute approximate surface area is 260 Å². The first kappa shape index (κ1) is 33.0. The molecule has 3 aromatic rings. The summed E-state index contributed by atoms with van der Waals surface area (Å²) in [6, 6.07) is 21.5. The molecule has 0 bridgehead atoms. The normalized spacial score (nSPS) is 14.4. The molecule has 0 radical (unpaired) electrons. The topological polar surface area (TPSA) is 96.0 Å². The van der Waals surface area contributed by atoms with Gasteiger partial charge in [-0.15, -0.1) is 0 Å². The summed E-state index contributed by atoms with van der Waals surface area (Å²) in [6.45, 7) is 0.181. The molecular formula is C34H42FN3O5S. The van der Waals surface area contributed by atoms with E-state index in [0.717, 1.165) is 43.9 Å². The number of hydrogen-bond donors (Lipinski definition) is 1. The number of sulfonamides is 1.